The van der Waals surface area contributed by atoms with Gasteiger partial charge in [-0.25, -0.2) is 12.8 Å². The zero-order chi connectivity index (χ0) is 15.6. The Morgan fingerprint density at radius 3 is 2.52 bits per heavy atom. The second kappa shape index (κ2) is 6.22. The van der Waals surface area contributed by atoms with Crippen molar-refractivity contribution in [1.29, 1.82) is 0 Å². The van der Waals surface area contributed by atoms with Gasteiger partial charge in [-0.05, 0) is 36.4 Å². The molecule has 7 heteroatoms. The van der Waals surface area contributed by atoms with Gasteiger partial charge in [0.1, 0.15) is 5.82 Å². The van der Waals surface area contributed by atoms with Crippen molar-refractivity contribution >= 4 is 38.7 Å². The van der Waals surface area contributed by atoms with Gasteiger partial charge in [-0.2, -0.15) is 0 Å². The van der Waals surface area contributed by atoms with Crippen molar-refractivity contribution in [2.45, 2.75) is 11.4 Å². The van der Waals surface area contributed by atoms with Crippen molar-refractivity contribution in [3.63, 3.8) is 0 Å². The molecule has 112 valence electrons. The maximum absolute atomic E-state index is 13.6. The predicted octanol–water partition coefficient (Wildman–Crippen LogP) is 4.15. The molecule has 2 aromatic rings. The first kappa shape index (κ1) is 16.1. The van der Waals surface area contributed by atoms with E-state index >= 15 is 0 Å². The van der Waals surface area contributed by atoms with Crippen LogP contribution in [0.2, 0.25) is 10.0 Å². The maximum Gasteiger partial charge on any atom is 0.175 e. The van der Waals surface area contributed by atoms with E-state index < -0.39 is 15.7 Å². The molecule has 0 amide bonds. The predicted molar refractivity (Wildman–Crippen MR) is 83.3 cm³/mol. The summed E-state index contributed by atoms with van der Waals surface area (Å²) in [7, 11) is -3.33. The van der Waals surface area contributed by atoms with Gasteiger partial charge in [0.15, 0.2) is 9.84 Å². The van der Waals surface area contributed by atoms with Gasteiger partial charge >= 0.3 is 0 Å². The number of benzene rings is 2. The first-order valence-electron chi connectivity index (χ1n) is 5.95. The standard InChI is InChI=1S/C14H12Cl2FNO2S/c1-21(19,20)11-3-4-12(16)14(7-11)18-8-9-6-10(15)2-5-13(9)17/h2-7,18H,8H2,1H3. The van der Waals surface area contributed by atoms with E-state index in [1.807, 2.05) is 0 Å². The second-order valence-electron chi connectivity index (χ2n) is 4.50. The molecule has 21 heavy (non-hydrogen) atoms. The number of sulfone groups is 1. The highest BCUT2D eigenvalue weighted by Crippen LogP contribution is 2.26. The average Bonchev–Trinajstić information content (AvgIpc) is 2.40. The van der Waals surface area contributed by atoms with Gasteiger partial charge in [-0.3, -0.25) is 0 Å². The Morgan fingerprint density at radius 2 is 1.86 bits per heavy atom. The summed E-state index contributed by atoms with van der Waals surface area (Å²) in [6, 6.07) is 8.54. The average molecular weight is 348 g/mol. The zero-order valence-corrected chi connectivity index (χ0v) is 13.4. The number of hydrogen-bond donors (Lipinski definition) is 1. The van der Waals surface area contributed by atoms with Crippen molar-refractivity contribution < 1.29 is 12.8 Å². The van der Waals surface area contributed by atoms with Crippen LogP contribution >= 0.6 is 23.2 Å². The summed E-state index contributed by atoms with van der Waals surface area (Å²) < 4.78 is 36.7. The third-order valence-electron chi connectivity index (χ3n) is 2.84. The highest BCUT2D eigenvalue weighted by Gasteiger charge is 2.11. The van der Waals surface area contributed by atoms with Gasteiger partial charge in [0.2, 0.25) is 0 Å². The molecular formula is C14H12Cl2FNO2S. The Kier molecular flexibility index (Phi) is 4.76. The largest absolute Gasteiger partial charge is 0.380 e. The summed E-state index contributed by atoms with van der Waals surface area (Å²) in [5.41, 5.74) is 0.780. The molecule has 2 rings (SSSR count). The van der Waals surface area contributed by atoms with Crippen LogP contribution in [0, 0.1) is 5.82 Å². The molecule has 0 atom stereocenters. The molecule has 2 aromatic carbocycles. The Bertz CT molecular complexity index is 779. The first-order chi connectivity index (χ1) is 9.77. The van der Waals surface area contributed by atoms with Gasteiger partial charge in [0.25, 0.3) is 0 Å². The van der Waals surface area contributed by atoms with E-state index in [9.17, 15) is 12.8 Å². The van der Waals surface area contributed by atoms with Crippen LogP contribution < -0.4 is 5.32 Å². The van der Waals surface area contributed by atoms with Crippen LogP contribution in [0.15, 0.2) is 41.3 Å². The van der Waals surface area contributed by atoms with Crippen LogP contribution in [0.5, 0.6) is 0 Å². The van der Waals surface area contributed by atoms with E-state index in [4.69, 9.17) is 23.2 Å². The zero-order valence-electron chi connectivity index (χ0n) is 11.0. The monoisotopic (exact) mass is 347 g/mol. The highest BCUT2D eigenvalue weighted by atomic mass is 35.5. The van der Waals surface area contributed by atoms with Crippen molar-refractivity contribution in [2.24, 2.45) is 0 Å². The summed E-state index contributed by atoms with van der Waals surface area (Å²) in [6.45, 7) is 0.138. The van der Waals surface area contributed by atoms with Gasteiger partial charge < -0.3 is 5.32 Å². The lowest BCUT2D eigenvalue weighted by Crippen LogP contribution is -2.04. The number of anilines is 1. The fourth-order valence-corrected chi connectivity index (χ4v) is 2.77. The number of halogens is 3. The van der Waals surface area contributed by atoms with E-state index in [1.165, 1.54) is 36.4 Å². The summed E-state index contributed by atoms with van der Waals surface area (Å²) in [5.74, 6) is -0.401. The third kappa shape index (κ3) is 4.09. The van der Waals surface area contributed by atoms with E-state index in [-0.39, 0.29) is 11.4 Å². The fraction of sp³-hybridized carbons (Fsp3) is 0.143. The van der Waals surface area contributed by atoms with E-state index in [0.29, 0.717) is 21.3 Å². The smallest absolute Gasteiger partial charge is 0.175 e. The molecule has 0 unspecified atom stereocenters. The van der Waals surface area contributed by atoms with Gasteiger partial charge in [0, 0.05) is 23.4 Å². The minimum absolute atomic E-state index is 0.138. The molecule has 0 saturated carbocycles. The molecular weight excluding hydrogens is 336 g/mol. The molecule has 0 aliphatic rings. The molecule has 0 radical (unpaired) electrons. The third-order valence-corrected chi connectivity index (χ3v) is 4.52. The molecule has 0 saturated heterocycles. The summed E-state index contributed by atoms with van der Waals surface area (Å²) in [5, 5.41) is 3.69. The van der Waals surface area contributed by atoms with E-state index in [2.05, 4.69) is 5.32 Å². The van der Waals surface area contributed by atoms with Crippen molar-refractivity contribution in [1.82, 2.24) is 0 Å². The molecule has 3 nitrogen and oxygen atoms in total. The topological polar surface area (TPSA) is 46.2 Å². The van der Waals surface area contributed by atoms with Crippen molar-refractivity contribution in [3.05, 3.63) is 57.8 Å². The van der Waals surface area contributed by atoms with Crippen molar-refractivity contribution in [2.75, 3.05) is 11.6 Å². The highest BCUT2D eigenvalue weighted by molar-refractivity contribution is 7.90. The molecule has 0 aliphatic carbocycles. The Balaban J connectivity index is 2.26. The quantitative estimate of drug-likeness (QED) is 0.903. The molecule has 0 bridgehead atoms. The Hall–Kier alpha value is -1.30. The SMILES string of the molecule is CS(=O)(=O)c1ccc(Cl)c(NCc2cc(Cl)ccc2F)c1. The van der Waals surface area contributed by atoms with Gasteiger partial charge in [0.05, 0.1) is 15.6 Å². The van der Waals surface area contributed by atoms with E-state index in [1.54, 1.807) is 0 Å². The fourth-order valence-electron chi connectivity index (χ4n) is 1.74. The number of nitrogens with one attached hydrogen (secondary N) is 1. The molecule has 0 aliphatic heterocycles. The first-order valence-corrected chi connectivity index (χ1v) is 8.59. The normalized spacial score (nSPS) is 11.4. The lowest BCUT2D eigenvalue weighted by Gasteiger charge is -2.11. The van der Waals surface area contributed by atoms with Crippen molar-refractivity contribution in [3.8, 4) is 0 Å². The lowest BCUT2D eigenvalue weighted by molar-refractivity contribution is 0.601. The molecule has 0 spiro atoms. The van der Waals surface area contributed by atoms with Crippen LogP contribution in [-0.2, 0) is 16.4 Å². The minimum Gasteiger partial charge on any atom is -0.380 e. The lowest BCUT2D eigenvalue weighted by atomic mass is 10.2. The van der Waals surface area contributed by atoms with Crippen LogP contribution in [0.4, 0.5) is 10.1 Å². The van der Waals surface area contributed by atoms with Crippen LogP contribution in [0.25, 0.3) is 0 Å². The minimum atomic E-state index is -3.33. The molecule has 0 aromatic heterocycles. The van der Waals surface area contributed by atoms with Gasteiger partial charge in [-0.15, -0.1) is 0 Å². The molecule has 0 fully saturated rings. The van der Waals surface area contributed by atoms with Crippen LogP contribution in [0.3, 0.4) is 0 Å². The number of rotatable bonds is 4. The maximum atomic E-state index is 13.6. The second-order valence-corrected chi connectivity index (χ2v) is 7.36. The molecule has 0 heterocycles. The molecule has 1 N–H and O–H groups in total. The summed E-state index contributed by atoms with van der Waals surface area (Å²) in [4.78, 5) is 0.140. The Morgan fingerprint density at radius 1 is 1.14 bits per heavy atom. The van der Waals surface area contributed by atoms with Crippen LogP contribution in [-0.4, -0.2) is 14.7 Å². The Labute approximate surface area is 132 Å². The van der Waals surface area contributed by atoms with Gasteiger partial charge in [-0.1, -0.05) is 23.2 Å². The van der Waals surface area contributed by atoms with E-state index in [0.717, 1.165) is 6.26 Å². The summed E-state index contributed by atoms with van der Waals surface area (Å²) >= 11 is 11.8. The summed E-state index contributed by atoms with van der Waals surface area (Å²) in [6.07, 6.45) is 1.11. The van der Waals surface area contributed by atoms with Crippen LogP contribution in [0.1, 0.15) is 5.56 Å². The number of hydrogen-bond acceptors (Lipinski definition) is 3.